The second-order valence-electron chi connectivity index (χ2n) is 4.01. The molecule has 2 aromatic carbocycles. The minimum atomic E-state index is -1.02. The lowest BCUT2D eigenvalue weighted by atomic mass is 10.1. The van der Waals surface area contributed by atoms with Crippen LogP contribution in [-0.2, 0) is 18.0 Å². The fourth-order valence-corrected chi connectivity index (χ4v) is 1.66. The standard InChI is InChI=1S/C15H11F2NO/c16-14-6-12(8-18)13(7-15(14)17)10-19-9-11-4-2-1-3-5-11/h1-7H,9-10H2. The Morgan fingerprint density at radius 3 is 2.37 bits per heavy atom. The number of nitriles is 1. The zero-order valence-electron chi connectivity index (χ0n) is 10.1. The molecule has 0 aromatic heterocycles. The number of benzene rings is 2. The van der Waals surface area contributed by atoms with Crippen LogP contribution in [0.4, 0.5) is 8.78 Å². The van der Waals surface area contributed by atoms with E-state index in [1.165, 1.54) is 0 Å². The third-order valence-electron chi connectivity index (χ3n) is 2.64. The Kier molecular flexibility index (Phi) is 4.22. The van der Waals surface area contributed by atoms with Gasteiger partial charge in [-0.25, -0.2) is 8.78 Å². The van der Waals surface area contributed by atoms with Crippen LogP contribution >= 0.6 is 0 Å². The zero-order valence-corrected chi connectivity index (χ0v) is 10.1. The molecule has 0 heterocycles. The molecule has 0 saturated carbocycles. The van der Waals surface area contributed by atoms with E-state index in [2.05, 4.69) is 0 Å². The second-order valence-corrected chi connectivity index (χ2v) is 4.01. The lowest BCUT2D eigenvalue weighted by molar-refractivity contribution is 0.106. The van der Waals surface area contributed by atoms with Crippen LogP contribution in [0.15, 0.2) is 42.5 Å². The molecule has 19 heavy (non-hydrogen) atoms. The van der Waals surface area contributed by atoms with Gasteiger partial charge < -0.3 is 4.74 Å². The lowest BCUT2D eigenvalue weighted by Crippen LogP contribution is -1.99. The molecule has 96 valence electrons. The second kappa shape index (κ2) is 6.07. The maximum atomic E-state index is 13.1. The summed E-state index contributed by atoms with van der Waals surface area (Å²) in [5, 5.41) is 8.86. The van der Waals surface area contributed by atoms with Crippen LogP contribution in [0.25, 0.3) is 0 Å². The van der Waals surface area contributed by atoms with Gasteiger partial charge in [0.2, 0.25) is 0 Å². The highest BCUT2D eigenvalue weighted by molar-refractivity contribution is 5.38. The smallest absolute Gasteiger partial charge is 0.160 e. The number of halogens is 2. The van der Waals surface area contributed by atoms with Crippen molar-refractivity contribution in [3.05, 3.63) is 70.8 Å². The predicted molar refractivity (Wildman–Crippen MR) is 66.0 cm³/mol. The van der Waals surface area contributed by atoms with Gasteiger partial charge in [0.05, 0.1) is 24.8 Å². The van der Waals surface area contributed by atoms with Crippen molar-refractivity contribution in [1.82, 2.24) is 0 Å². The molecule has 2 nitrogen and oxygen atoms in total. The van der Waals surface area contributed by atoms with Gasteiger partial charge in [0.1, 0.15) is 0 Å². The molecule has 0 aliphatic heterocycles. The topological polar surface area (TPSA) is 33.0 Å². The number of hydrogen-bond donors (Lipinski definition) is 0. The van der Waals surface area contributed by atoms with Gasteiger partial charge >= 0.3 is 0 Å². The molecule has 2 rings (SSSR count). The first-order valence-electron chi connectivity index (χ1n) is 5.70. The van der Waals surface area contributed by atoms with Crippen LogP contribution < -0.4 is 0 Å². The Labute approximate surface area is 109 Å². The Bertz CT molecular complexity index is 606. The number of rotatable bonds is 4. The molecule has 4 heteroatoms. The Morgan fingerprint density at radius 2 is 1.68 bits per heavy atom. The van der Waals surface area contributed by atoms with Gasteiger partial charge in [-0.15, -0.1) is 0 Å². The van der Waals surface area contributed by atoms with Crippen LogP contribution in [0, 0.1) is 23.0 Å². The molecule has 0 bridgehead atoms. The van der Waals surface area contributed by atoms with Gasteiger partial charge in [-0.3, -0.25) is 0 Å². The quantitative estimate of drug-likeness (QED) is 0.841. The van der Waals surface area contributed by atoms with Crippen molar-refractivity contribution in [2.45, 2.75) is 13.2 Å². The largest absolute Gasteiger partial charge is 0.372 e. The minimum absolute atomic E-state index is 0.0645. The van der Waals surface area contributed by atoms with E-state index >= 15 is 0 Å². The SMILES string of the molecule is N#Cc1cc(F)c(F)cc1COCc1ccccc1. The van der Waals surface area contributed by atoms with Crippen molar-refractivity contribution >= 4 is 0 Å². The monoisotopic (exact) mass is 259 g/mol. The molecular weight excluding hydrogens is 248 g/mol. The zero-order chi connectivity index (χ0) is 13.7. The summed E-state index contributed by atoms with van der Waals surface area (Å²) in [5.74, 6) is -2.00. The summed E-state index contributed by atoms with van der Waals surface area (Å²) in [7, 11) is 0. The normalized spacial score (nSPS) is 10.2. The fraction of sp³-hybridized carbons (Fsp3) is 0.133. The van der Waals surface area contributed by atoms with Crippen molar-refractivity contribution < 1.29 is 13.5 Å². The summed E-state index contributed by atoms with van der Waals surface area (Å²) in [4.78, 5) is 0. The van der Waals surface area contributed by atoms with E-state index in [1.54, 1.807) is 0 Å². The van der Waals surface area contributed by atoms with Crippen molar-refractivity contribution in [3.8, 4) is 6.07 Å². The molecule has 0 spiro atoms. The van der Waals surface area contributed by atoms with Crippen LogP contribution in [0.2, 0.25) is 0 Å². The summed E-state index contributed by atoms with van der Waals surface area (Å²) in [6.07, 6.45) is 0. The molecule has 0 unspecified atom stereocenters. The molecule has 0 amide bonds. The lowest BCUT2D eigenvalue weighted by Gasteiger charge is -2.07. The van der Waals surface area contributed by atoms with Gasteiger partial charge in [-0.1, -0.05) is 30.3 Å². The van der Waals surface area contributed by atoms with E-state index in [1.807, 2.05) is 36.4 Å². The van der Waals surface area contributed by atoms with E-state index in [0.29, 0.717) is 12.2 Å². The highest BCUT2D eigenvalue weighted by Gasteiger charge is 2.09. The number of nitrogens with zero attached hydrogens (tertiary/aromatic N) is 1. The highest BCUT2D eigenvalue weighted by atomic mass is 19.2. The van der Waals surface area contributed by atoms with Gasteiger partial charge in [0.25, 0.3) is 0 Å². The Balaban J connectivity index is 2.04. The Morgan fingerprint density at radius 1 is 1.00 bits per heavy atom. The maximum Gasteiger partial charge on any atom is 0.160 e. The van der Waals surface area contributed by atoms with E-state index in [0.717, 1.165) is 17.7 Å². The van der Waals surface area contributed by atoms with Crippen LogP contribution in [0.3, 0.4) is 0 Å². The number of hydrogen-bond acceptors (Lipinski definition) is 2. The average molecular weight is 259 g/mol. The molecule has 0 aliphatic carbocycles. The molecule has 0 N–H and O–H groups in total. The maximum absolute atomic E-state index is 13.1. The van der Waals surface area contributed by atoms with E-state index in [9.17, 15) is 8.78 Å². The number of ether oxygens (including phenoxy) is 1. The van der Waals surface area contributed by atoms with E-state index in [-0.39, 0.29) is 12.2 Å². The van der Waals surface area contributed by atoms with Gasteiger partial charge in [-0.05, 0) is 23.3 Å². The first-order chi connectivity index (χ1) is 9.20. The average Bonchev–Trinajstić information content (AvgIpc) is 2.43. The first kappa shape index (κ1) is 13.2. The third kappa shape index (κ3) is 3.36. The van der Waals surface area contributed by atoms with Crippen molar-refractivity contribution in [1.29, 1.82) is 5.26 Å². The molecule has 0 fully saturated rings. The van der Waals surface area contributed by atoms with Gasteiger partial charge in [0, 0.05) is 0 Å². The first-order valence-corrected chi connectivity index (χ1v) is 5.70. The van der Waals surface area contributed by atoms with Crippen molar-refractivity contribution in [2.75, 3.05) is 0 Å². The van der Waals surface area contributed by atoms with Crippen molar-refractivity contribution in [3.63, 3.8) is 0 Å². The molecule has 0 radical (unpaired) electrons. The summed E-state index contributed by atoms with van der Waals surface area (Å²) in [5.41, 5.74) is 1.41. The third-order valence-corrected chi connectivity index (χ3v) is 2.64. The van der Waals surface area contributed by atoms with Crippen molar-refractivity contribution in [2.24, 2.45) is 0 Å². The molecule has 2 aromatic rings. The minimum Gasteiger partial charge on any atom is -0.372 e. The van der Waals surface area contributed by atoms with Crippen LogP contribution in [0.5, 0.6) is 0 Å². The van der Waals surface area contributed by atoms with Crippen LogP contribution in [0.1, 0.15) is 16.7 Å². The summed E-state index contributed by atoms with van der Waals surface area (Å²) < 4.78 is 31.5. The van der Waals surface area contributed by atoms with E-state index < -0.39 is 11.6 Å². The summed E-state index contributed by atoms with van der Waals surface area (Å²) in [6, 6.07) is 13.2. The molecule has 0 atom stereocenters. The molecule has 0 aliphatic rings. The fourth-order valence-electron chi connectivity index (χ4n) is 1.66. The summed E-state index contributed by atoms with van der Waals surface area (Å²) in [6.45, 7) is 0.416. The summed E-state index contributed by atoms with van der Waals surface area (Å²) >= 11 is 0. The predicted octanol–water partition coefficient (Wildman–Crippen LogP) is 3.55. The van der Waals surface area contributed by atoms with E-state index in [4.69, 9.17) is 10.00 Å². The molecular formula is C15H11F2NO. The molecule has 0 saturated heterocycles. The van der Waals surface area contributed by atoms with Gasteiger partial charge in [-0.2, -0.15) is 5.26 Å². The highest BCUT2D eigenvalue weighted by Crippen LogP contribution is 2.16. The van der Waals surface area contributed by atoms with Gasteiger partial charge in [0.15, 0.2) is 11.6 Å². The Hall–Kier alpha value is -2.25. The van der Waals surface area contributed by atoms with Crippen LogP contribution in [-0.4, -0.2) is 0 Å².